The first kappa shape index (κ1) is 10.5. The van der Waals surface area contributed by atoms with Crippen molar-refractivity contribution in [2.45, 2.75) is 50.9 Å². The van der Waals surface area contributed by atoms with Crippen LogP contribution in [0.4, 0.5) is 0 Å². The molecule has 2 aliphatic carbocycles. The van der Waals surface area contributed by atoms with Gasteiger partial charge in [0.2, 0.25) is 0 Å². The largest absolute Gasteiger partial charge is 0.347 e. The van der Waals surface area contributed by atoms with Crippen molar-refractivity contribution in [2.24, 2.45) is 5.92 Å². The van der Waals surface area contributed by atoms with Gasteiger partial charge in [0, 0.05) is 11.6 Å². The van der Waals surface area contributed by atoms with Crippen LogP contribution in [0.2, 0.25) is 0 Å². The molecule has 2 aliphatic rings. The van der Waals surface area contributed by atoms with E-state index >= 15 is 0 Å². The Kier molecular flexibility index (Phi) is 2.58. The van der Waals surface area contributed by atoms with E-state index in [0.29, 0.717) is 11.8 Å². The molecule has 2 nitrogen and oxygen atoms in total. The Bertz CT molecular complexity index is 445. The van der Waals surface area contributed by atoms with Crippen LogP contribution in [0.25, 0.3) is 0 Å². The molecule has 2 fully saturated rings. The fraction of sp³-hybridized carbons (Fsp3) is 0.692. The molecular formula is C13H18N2S. The second-order valence-corrected chi connectivity index (χ2v) is 5.78. The van der Waals surface area contributed by atoms with Gasteiger partial charge in [-0.05, 0) is 37.2 Å². The third-order valence-corrected chi connectivity index (χ3v) is 4.25. The number of hydrogen-bond acceptors (Lipinski definition) is 2. The molecule has 0 amide bonds. The Hall–Kier alpha value is -0.700. The summed E-state index contributed by atoms with van der Waals surface area (Å²) in [6, 6.07) is 2.07. The second kappa shape index (κ2) is 3.95. The summed E-state index contributed by atoms with van der Waals surface area (Å²) in [4.78, 5) is 8.02. The van der Waals surface area contributed by atoms with Crippen LogP contribution in [-0.2, 0) is 0 Å². The molecule has 1 aromatic heterocycles. The van der Waals surface area contributed by atoms with E-state index in [1.165, 1.54) is 37.8 Å². The number of aromatic nitrogens is 2. The van der Waals surface area contributed by atoms with Crippen LogP contribution in [-0.4, -0.2) is 9.97 Å². The predicted molar refractivity (Wildman–Crippen MR) is 67.2 cm³/mol. The molecule has 0 aromatic carbocycles. The van der Waals surface area contributed by atoms with Crippen LogP contribution in [0, 0.1) is 10.6 Å². The number of nitrogens with zero attached hydrogens (tertiary/aromatic N) is 1. The molecule has 1 aromatic rings. The number of nitrogens with one attached hydrogen (secondary N) is 1. The van der Waals surface area contributed by atoms with E-state index in [1.807, 2.05) is 0 Å². The number of hydrogen-bond donors (Lipinski definition) is 1. The molecule has 2 atom stereocenters. The lowest BCUT2D eigenvalue weighted by Gasteiger charge is -2.11. The van der Waals surface area contributed by atoms with E-state index in [4.69, 9.17) is 12.2 Å². The van der Waals surface area contributed by atoms with Gasteiger partial charge in [-0.15, -0.1) is 0 Å². The maximum atomic E-state index is 5.28. The van der Waals surface area contributed by atoms with E-state index in [1.54, 1.807) is 0 Å². The molecule has 3 heteroatoms. The molecule has 1 N–H and O–H groups in total. The summed E-state index contributed by atoms with van der Waals surface area (Å²) in [7, 11) is 0. The Morgan fingerprint density at radius 2 is 2.06 bits per heavy atom. The van der Waals surface area contributed by atoms with Gasteiger partial charge in [-0.3, -0.25) is 0 Å². The third kappa shape index (κ3) is 1.93. The van der Waals surface area contributed by atoms with Gasteiger partial charge >= 0.3 is 0 Å². The molecule has 0 bridgehead atoms. The van der Waals surface area contributed by atoms with Gasteiger partial charge in [0.05, 0.1) is 0 Å². The highest BCUT2D eigenvalue weighted by molar-refractivity contribution is 7.71. The summed E-state index contributed by atoms with van der Waals surface area (Å²) in [5.41, 5.74) is 1.34. The number of H-pyrrole nitrogens is 1. The molecule has 2 saturated carbocycles. The number of rotatable bonds is 2. The SMILES string of the molecule is CC1CC1c1nc(=S)cc(C2CCCC2)[nH]1. The predicted octanol–water partition coefficient (Wildman–Crippen LogP) is 3.92. The van der Waals surface area contributed by atoms with Crippen molar-refractivity contribution < 1.29 is 0 Å². The van der Waals surface area contributed by atoms with E-state index < -0.39 is 0 Å². The lowest BCUT2D eigenvalue weighted by molar-refractivity contribution is 0.679. The summed E-state index contributed by atoms with van der Waals surface area (Å²) in [6.07, 6.45) is 6.63. The van der Waals surface area contributed by atoms with Crippen molar-refractivity contribution >= 4 is 12.2 Å². The molecule has 1 heterocycles. The van der Waals surface area contributed by atoms with Gasteiger partial charge in [0.25, 0.3) is 0 Å². The lowest BCUT2D eigenvalue weighted by atomic mass is 10.0. The van der Waals surface area contributed by atoms with Crippen molar-refractivity contribution in [3.05, 3.63) is 22.2 Å². The zero-order valence-corrected chi connectivity index (χ0v) is 10.5. The zero-order valence-electron chi connectivity index (χ0n) is 9.70. The molecule has 3 rings (SSSR count). The number of aromatic amines is 1. The summed E-state index contributed by atoms with van der Waals surface area (Å²) in [5, 5.41) is 0. The van der Waals surface area contributed by atoms with Gasteiger partial charge in [-0.1, -0.05) is 32.0 Å². The minimum atomic E-state index is 0.642. The summed E-state index contributed by atoms with van der Waals surface area (Å²) >= 11 is 5.28. The monoisotopic (exact) mass is 234 g/mol. The van der Waals surface area contributed by atoms with Crippen LogP contribution >= 0.6 is 12.2 Å². The van der Waals surface area contributed by atoms with Gasteiger partial charge in [0.15, 0.2) is 0 Å². The molecule has 0 radical (unpaired) electrons. The highest BCUT2D eigenvalue weighted by Gasteiger charge is 2.36. The molecule has 86 valence electrons. The van der Waals surface area contributed by atoms with Crippen molar-refractivity contribution in [3.63, 3.8) is 0 Å². The minimum absolute atomic E-state index is 0.642. The van der Waals surface area contributed by atoms with Gasteiger partial charge in [-0.25, -0.2) is 4.98 Å². The van der Waals surface area contributed by atoms with Gasteiger partial charge < -0.3 is 4.98 Å². The molecule has 16 heavy (non-hydrogen) atoms. The normalized spacial score (nSPS) is 29.6. The fourth-order valence-corrected chi connectivity index (χ4v) is 3.06. The van der Waals surface area contributed by atoms with Crippen LogP contribution < -0.4 is 0 Å². The highest BCUT2D eigenvalue weighted by Crippen LogP contribution is 2.45. The first-order chi connectivity index (χ1) is 7.74. The summed E-state index contributed by atoms with van der Waals surface area (Å²) in [5.74, 6) is 3.28. The Morgan fingerprint density at radius 3 is 2.69 bits per heavy atom. The molecule has 2 unspecified atom stereocenters. The van der Waals surface area contributed by atoms with E-state index in [2.05, 4.69) is 23.0 Å². The van der Waals surface area contributed by atoms with Crippen molar-refractivity contribution in [2.75, 3.05) is 0 Å². The fourth-order valence-electron chi connectivity index (χ4n) is 2.83. The van der Waals surface area contributed by atoms with Gasteiger partial charge in [-0.2, -0.15) is 0 Å². The molecule has 0 aliphatic heterocycles. The summed E-state index contributed by atoms with van der Waals surface area (Å²) < 4.78 is 0.773. The van der Waals surface area contributed by atoms with Crippen LogP contribution in [0.1, 0.15) is 62.4 Å². The topological polar surface area (TPSA) is 28.7 Å². The first-order valence-electron chi connectivity index (χ1n) is 6.35. The van der Waals surface area contributed by atoms with Crippen LogP contribution in [0.3, 0.4) is 0 Å². The van der Waals surface area contributed by atoms with Crippen molar-refractivity contribution in [1.82, 2.24) is 9.97 Å². The third-order valence-electron chi connectivity index (χ3n) is 4.04. The average molecular weight is 234 g/mol. The van der Waals surface area contributed by atoms with E-state index in [9.17, 15) is 0 Å². The smallest absolute Gasteiger partial charge is 0.130 e. The van der Waals surface area contributed by atoms with E-state index in [0.717, 1.165) is 16.4 Å². The highest BCUT2D eigenvalue weighted by atomic mass is 32.1. The Balaban J connectivity index is 1.92. The van der Waals surface area contributed by atoms with E-state index in [-0.39, 0.29) is 0 Å². The quantitative estimate of drug-likeness (QED) is 0.786. The second-order valence-electron chi connectivity index (χ2n) is 5.36. The molecule has 0 saturated heterocycles. The standard InChI is InChI=1S/C13H18N2S/c1-8-6-10(8)13-14-11(7-12(16)15-13)9-4-2-3-5-9/h7-10H,2-6H2,1H3,(H,14,15,16). The van der Waals surface area contributed by atoms with Gasteiger partial charge in [0.1, 0.15) is 10.5 Å². The molecule has 0 spiro atoms. The van der Waals surface area contributed by atoms with Crippen molar-refractivity contribution in [3.8, 4) is 0 Å². The maximum Gasteiger partial charge on any atom is 0.130 e. The molecular weight excluding hydrogens is 216 g/mol. The maximum absolute atomic E-state index is 5.28. The zero-order chi connectivity index (χ0) is 11.1. The van der Waals surface area contributed by atoms with Crippen LogP contribution in [0.15, 0.2) is 6.07 Å². The van der Waals surface area contributed by atoms with Crippen molar-refractivity contribution in [1.29, 1.82) is 0 Å². The minimum Gasteiger partial charge on any atom is -0.347 e. The summed E-state index contributed by atoms with van der Waals surface area (Å²) in [6.45, 7) is 2.28. The first-order valence-corrected chi connectivity index (χ1v) is 6.76. The lowest BCUT2D eigenvalue weighted by Crippen LogP contribution is -2.02. The Labute approximate surface area is 102 Å². The van der Waals surface area contributed by atoms with Crippen LogP contribution in [0.5, 0.6) is 0 Å². The Morgan fingerprint density at radius 1 is 1.38 bits per heavy atom. The average Bonchev–Trinajstić information content (AvgIpc) is 2.81.